The summed E-state index contributed by atoms with van der Waals surface area (Å²) in [7, 11) is -2.75. The molecule has 14 heavy (non-hydrogen) atoms. The molecule has 0 spiro atoms. The summed E-state index contributed by atoms with van der Waals surface area (Å²) in [6.45, 7) is 3.44. The molecule has 1 aliphatic rings. The summed E-state index contributed by atoms with van der Waals surface area (Å²) >= 11 is 4.03. The number of hydrogen-bond donors (Lipinski definition) is 1. The molecule has 0 amide bonds. The van der Waals surface area contributed by atoms with E-state index in [1.165, 1.54) is 0 Å². The molecule has 0 aliphatic carbocycles. The van der Waals surface area contributed by atoms with Crippen molar-refractivity contribution >= 4 is 22.5 Å². The van der Waals surface area contributed by atoms with Gasteiger partial charge in [-0.15, -0.1) is 0 Å². The molecule has 0 N–H and O–H groups in total. The third kappa shape index (κ3) is 4.63. The highest BCUT2D eigenvalue weighted by Crippen LogP contribution is 2.02. The molecule has 1 aliphatic heterocycles. The lowest BCUT2D eigenvalue weighted by Gasteiger charge is -2.26. The van der Waals surface area contributed by atoms with Crippen molar-refractivity contribution in [1.29, 1.82) is 0 Å². The minimum absolute atomic E-state index is 0.291. The first kappa shape index (κ1) is 12.3. The van der Waals surface area contributed by atoms with Gasteiger partial charge in [-0.2, -0.15) is 12.6 Å². The van der Waals surface area contributed by atoms with E-state index >= 15 is 0 Å². The molecule has 1 heterocycles. The predicted octanol–water partition coefficient (Wildman–Crippen LogP) is -0.337. The van der Waals surface area contributed by atoms with E-state index in [1.807, 2.05) is 0 Å². The van der Waals surface area contributed by atoms with Crippen LogP contribution in [0.5, 0.6) is 0 Å². The first-order valence-corrected chi connectivity index (χ1v) is 7.21. The number of thiol groups is 1. The Bertz CT molecular complexity index is 239. The zero-order chi connectivity index (χ0) is 10.4. The molecule has 6 heteroatoms. The summed E-state index contributed by atoms with van der Waals surface area (Å²) in [5, 5.41) is 0. The van der Waals surface area contributed by atoms with Gasteiger partial charge in [-0.1, -0.05) is 0 Å². The Morgan fingerprint density at radius 3 is 2.43 bits per heavy atom. The lowest BCUT2D eigenvalue weighted by Crippen LogP contribution is -2.41. The Kier molecular flexibility index (Phi) is 5.22. The Hall–Kier alpha value is 0.220. The van der Waals surface area contributed by atoms with Gasteiger partial charge in [0, 0.05) is 25.4 Å². The van der Waals surface area contributed by atoms with E-state index in [9.17, 15) is 8.42 Å². The fourth-order valence-corrected chi connectivity index (χ4v) is 2.74. The van der Waals surface area contributed by atoms with Crippen LogP contribution in [0.2, 0.25) is 0 Å². The summed E-state index contributed by atoms with van der Waals surface area (Å²) in [6.07, 6.45) is 0. The van der Waals surface area contributed by atoms with Gasteiger partial charge in [0.15, 0.2) is 9.84 Å². The van der Waals surface area contributed by atoms with Gasteiger partial charge in [-0.3, -0.25) is 4.90 Å². The van der Waals surface area contributed by atoms with E-state index in [-0.39, 0.29) is 0 Å². The topological polar surface area (TPSA) is 46.6 Å². The smallest absolute Gasteiger partial charge is 0.152 e. The number of rotatable bonds is 5. The molecule has 84 valence electrons. The lowest BCUT2D eigenvalue weighted by atomic mass is 10.5. The van der Waals surface area contributed by atoms with E-state index in [0.29, 0.717) is 37.8 Å². The zero-order valence-electron chi connectivity index (χ0n) is 8.18. The van der Waals surface area contributed by atoms with Crippen LogP contribution in [0, 0.1) is 0 Å². The van der Waals surface area contributed by atoms with Gasteiger partial charge in [-0.05, 0) is 0 Å². The van der Waals surface area contributed by atoms with Crippen LogP contribution in [0.4, 0.5) is 0 Å². The van der Waals surface area contributed by atoms with Crippen molar-refractivity contribution in [2.45, 2.75) is 0 Å². The summed E-state index contributed by atoms with van der Waals surface area (Å²) in [4.78, 5) is 2.12. The van der Waals surface area contributed by atoms with Crippen molar-refractivity contribution in [1.82, 2.24) is 4.90 Å². The second kappa shape index (κ2) is 5.95. The third-order valence-electron chi connectivity index (χ3n) is 2.22. The second-order valence-electron chi connectivity index (χ2n) is 3.33. The highest BCUT2D eigenvalue weighted by Gasteiger charge is 2.20. The minimum Gasteiger partial charge on any atom is -0.379 e. The second-order valence-corrected chi connectivity index (χ2v) is 6.08. The number of sulfone groups is 1. The molecule has 0 atom stereocenters. The summed E-state index contributed by atoms with van der Waals surface area (Å²) < 4.78 is 27.5. The van der Waals surface area contributed by atoms with Crippen LogP contribution in [-0.2, 0) is 14.6 Å². The van der Waals surface area contributed by atoms with E-state index in [0.717, 1.165) is 12.3 Å². The predicted molar refractivity (Wildman–Crippen MR) is 59.8 cm³/mol. The number of ether oxygens (including phenoxy) is 1. The van der Waals surface area contributed by atoms with Crippen LogP contribution in [0.1, 0.15) is 0 Å². The monoisotopic (exact) mass is 239 g/mol. The van der Waals surface area contributed by atoms with Gasteiger partial charge in [0.25, 0.3) is 0 Å². The molecule has 1 rings (SSSR count). The van der Waals surface area contributed by atoms with Crippen LogP contribution in [0.25, 0.3) is 0 Å². The first-order chi connectivity index (χ1) is 6.64. The van der Waals surface area contributed by atoms with Gasteiger partial charge in [0.1, 0.15) is 0 Å². The molecule has 4 nitrogen and oxygen atoms in total. The minimum atomic E-state index is -2.75. The first-order valence-electron chi connectivity index (χ1n) is 4.75. The van der Waals surface area contributed by atoms with E-state index in [1.54, 1.807) is 0 Å². The Morgan fingerprint density at radius 2 is 1.86 bits per heavy atom. The standard InChI is InChI=1S/C8H17NO3S2/c10-14(11)7-2-9(3-8-14)1-4-12-5-6-13/h13H,1-8H2. The maximum absolute atomic E-state index is 11.1. The zero-order valence-corrected chi connectivity index (χ0v) is 9.90. The summed E-state index contributed by atoms with van der Waals surface area (Å²) in [5.74, 6) is 1.31. The SMILES string of the molecule is O=S1(=O)CCN(CCOCCS)CC1. The number of hydrogen-bond acceptors (Lipinski definition) is 5. The molecule has 0 bridgehead atoms. The summed E-state index contributed by atoms with van der Waals surface area (Å²) in [6, 6.07) is 0. The van der Waals surface area contributed by atoms with Gasteiger partial charge in [-0.25, -0.2) is 8.42 Å². The van der Waals surface area contributed by atoms with Crippen molar-refractivity contribution in [3.05, 3.63) is 0 Å². The van der Waals surface area contributed by atoms with Gasteiger partial charge in [0.05, 0.1) is 24.7 Å². The van der Waals surface area contributed by atoms with Crippen LogP contribution >= 0.6 is 12.6 Å². The van der Waals surface area contributed by atoms with E-state index < -0.39 is 9.84 Å². The molecular weight excluding hydrogens is 222 g/mol. The van der Waals surface area contributed by atoms with Crippen LogP contribution < -0.4 is 0 Å². The van der Waals surface area contributed by atoms with Crippen LogP contribution in [0.3, 0.4) is 0 Å². The van der Waals surface area contributed by atoms with Crippen LogP contribution in [0.15, 0.2) is 0 Å². The lowest BCUT2D eigenvalue weighted by molar-refractivity contribution is 0.118. The van der Waals surface area contributed by atoms with Gasteiger partial charge in [0.2, 0.25) is 0 Å². The molecule has 0 aromatic rings. The molecule has 0 aromatic carbocycles. The Morgan fingerprint density at radius 1 is 1.21 bits per heavy atom. The van der Waals surface area contributed by atoms with Crippen molar-refractivity contribution in [2.75, 3.05) is 50.1 Å². The maximum Gasteiger partial charge on any atom is 0.152 e. The molecule has 0 aromatic heterocycles. The maximum atomic E-state index is 11.1. The van der Waals surface area contributed by atoms with E-state index in [4.69, 9.17) is 4.74 Å². The van der Waals surface area contributed by atoms with E-state index in [2.05, 4.69) is 17.5 Å². The van der Waals surface area contributed by atoms with Gasteiger partial charge < -0.3 is 4.74 Å². The fraction of sp³-hybridized carbons (Fsp3) is 1.00. The average Bonchev–Trinajstić information content (AvgIpc) is 2.15. The largest absolute Gasteiger partial charge is 0.379 e. The molecule has 0 saturated carbocycles. The van der Waals surface area contributed by atoms with Crippen molar-refractivity contribution in [3.8, 4) is 0 Å². The van der Waals surface area contributed by atoms with Crippen molar-refractivity contribution in [2.24, 2.45) is 0 Å². The Balaban J connectivity index is 2.10. The highest BCUT2D eigenvalue weighted by atomic mass is 32.2. The van der Waals surface area contributed by atoms with Gasteiger partial charge >= 0.3 is 0 Å². The molecule has 1 fully saturated rings. The average molecular weight is 239 g/mol. The molecule has 0 radical (unpaired) electrons. The third-order valence-corrected chi connectivity index (χ3v) is 4.02. The quantitative estimate of drug-likeness (QED) is 0.527. The Labute approximate surface area is 90.9 Å². The fourth-order valence-electron chi connectivity index (χ4n) is 1.33. The van der Waals surface area contributed by atoms with Crippen molar-refractivity contribution in [3.63, 3.8) is 0 Å². The summed E-state index contributed by atoms with van der Waals surface area (Å²) in [5.41, 5.74) is 0. The highest BCUT2D eigenvalue weighted by molar-refractivity contribution is 7.91. The number of nitrogens with zero attached hydrogens (tertiary/aromatic N) is 1. The van der Waals surface area contributed by atoms with Crippen molar-refractivity contribution < 1.29 is 13.2 Å². The van der Waals surface area contributed by atoms with Crippen LogP contribution in [-0.4, -0.2) is 63.4 Å². The normalized spacial score (nSPS) is 22.4. The molecular formula is C8H17NO3S2. The molecule has 1 saturated heterocycles. The molecule has 0 unspecified atom stereocenters.